The van der Waals surface area contributed by atoms with E-state index in [1.807, 2.05) is 6.92 Å². The van der Waals surface area contributed by atoms with Crippen LogP contribution in [0.4, 0.5) is 0 Å². The van der Waals surface area contributed by atoms with E-state index >= 15 is 0 Å². The summed E-state index contributed by atoms with van der Waals surface area (Å²) in [5.41, 5.74) is 5.97. The van der Waals surface area contributed by atoms with Crippen molar-refractivity contribution in [2.75, 3.05) is 26.2 Å². The van der Waals surface area contributed by atoms with Gasteiger partial charge in [0.1, 0.15) is 0 Å². The number of rotatable bonds is 4. The maximum absolute atomic E-state index is 5.88. The topological polar surface area (TPSA) is 41.3 Å². The largest absolute Gasteiger partial charge is 0.329 e. The third-order valence-electron chi connectivity index (χ3n) is 3.23. The number of likely N-dealkylation sites (tertiary alicyclic amines) is 1. The van der Waals surface area contributed by atoms with Crippen molar-refractivity contribution in [3.8, 4) is 11.8 Å². The van der Waals surface area contributed by atoms with Crippen molar-refractivity contribution >= 4 is 0 Å². The summed E-state index contributed by atoms with van der Waals surface area (Å²) in [5.74, 6) is 5.94. The Labute approximate surface area is 93.4 Å². The second-order valence-corrected chi connectivity index (χ2v) is 4.58. The van der Waals surface area contributed by atoms with Gasteiger partial charge in [-0.05, 0) is 27.2 Å². The molecule has 0 aliphatic carbocycles. The van der Waals surface area contributed by atoms with Crippen LogP contribution in [0.3, 0.4) is 0 Å². The zero-order valence-electron chi connectivity index (χ0n) is 10.1. The lowest BCUT2D eigenvalue weighted by molar-refractivity contribution is 0.244. The minimum absolute atomic E-state index is 0.0914. The molecule has 1 heterocycles. The molecule has 1 aliphatic rings. The molecule has 1 fully saturated rings. The fourth-order valence-corrected chi connectivity index (χ4v) is 2.05. The van der Waals surface area contributed by atoms with Crippen LogP contribution >= 0.6 is 0 Å². The first-order valence-electron chi connectivity index (χ1n) is 5.72. The van der Waals surface area contributed by atoms with Crippen LogP contribution in [-0.2, 0) is 0 Å². The highest BCUT2D eigenvalue weighted by Gasteiger charge is 2.36. The normalized spacial score (nSPS) is 26.7. The van der Waals surface area contributed by atoms with Crippen molar-refractivity contribution in [1.29, 1.82) is 0 Å². The molecule has 0 amide bonds. The van der Waals surface area contributed by atoms with Gasteiger partial charge in [-0.1, -0.05) is 5.92 Å². The maximum atomic E-state index is 5.88. The van der Waals surface area contributed by atoms with E-state index in [4.69, 9.17) is 5.73 Å². The van der Waals surface area contributed by atoms with Crippen LogP contribution in [0.1, 0.15) is 27.2 Å². The second-order valence-electron chi connectivity index (χ2n) is 4.58. The van der Waals surface area contributed by atoms with E-state index in [2.05, 4.69) is 35.9 Å². The van der Waals surface area contributed by atoms with E-state index < -0.39 is 0 Å². The van der Waals surface area contributed by atoms with Gasteiger partial charge in [-0.2, -0.15) is 0 Å². The summed E-state index contributed by atoms with van der Waals surface area (Å²) in [6.07, 6.45) is 1.13. The van der Waals surface area contributed by atoms with Gasteiger partial charge in [0, 0.05) is 31.2 Å². The third-order valence-corrected chi connectivity index (χ3v) is 3.23. The first kappa shape index (κ1) is 12.5. The average Bonchev–Trinajstić information content (AvgIpc) is 2.64. The molecule has 0 saturated carbocycles. The van der Waals surface area contributed by atoms with Crippen molar-refractivity contribution in [2.24, 2.45) is 5.73 Å². The van der Waals surface area contributed by atoms with Crippen LogP contribution in [0.15, 0.2) is 0 Å². The Hall–Kier alpha value is -0.560. The van der Waals surface area contributed by atoms with Crippen molar-refractivity contribution in [3.63, 3.8) is 0 Å². The summed E-state index contributed by atoms with van der Waals surface area (Å²) in [6, 6.07) is 0.609. The number of nitrogens with one attached hydrogen (secondary N) is 1. The van der Waals surface area contributed by atoms with E-state index in [0.29, 0.717) is 12.6 Å². The minimum atomic E-state index is 0.0914. The van der Waals surface area contributed by atoms with E-state index in [1.165, 1.54) is 0 Å². The molecule has 1 atom stereocenters. The van der Waals surface area contributed by atoms with E-state index in [0.717, 1.165) is 26.1 Å². The van der Waals surface area contributed by atoms with Crippen LogP contribution < -0.4 is 11.1 Å². The molecular formula is C12H23N3. The Morgan fingerprint density at radius 1 is 1.53 bits per heavy atom. The van der Waals surface area contributed by atoms with Gasteiger partial charge in [-0.15, -0.1) is 5.92 Å². The van der Waals surface area contributed by atoms with Gasteiger partial charge in [0.15, 0.2) is 0 Å². The molecule has 1 rings (SSSR count). The molecule has 0 aromatic heterocycles. The highest BCUT2D eigenvalue weighted by atomic mass is 15.2. The van der Waals surface area contributed by atoms with Crippen LogP contribution in [0.25, 0.3) is 0 Å². The van der Waals surface area contributed by atoms with Crippen LogP contribution in [-0.4, -0.2) is 42.7 Å². The van der Waals surface area contributed by atoms with Gasteiger partial charge < -0.3 is 5.73 Å². The molecule has 3 heteroatoms. The van der Waals surface area contributed by atoms with Crippen LogP contribution in [0.5, 0.6) is 0 Å². The fraction of sp³-hybridized carbons (Fsp3) is 0.833. The SMILES string of the molecule is CC#CCNC1(CN)CCN(C(C)C)C1. The Bertz CT molecular complexity index is 251. The molecule has 0 bridgehead atoms. The van der Waals surface area contributed by atoms with Crippen LogP contribution in [0.2, 0.25) is 0 Å². The molecule has 1 unspecified atom stereocenters. The Balaban J connectivity index is 2.51. The lowest BCUT2D eigenvalue weighted by Gasteiger charge is -2.29. The van der Waals surface area contributed by atoms with Crippen molar-refractivity contribution in [2.45, 2.75) is 38.8 Å². The number of hydrogen-bond donors (Lipinski definition) is 2. The lowest BCUT2D eigenvalue weighted by atomic mass is 9.99. The van der Waals surface area contributed by atoms with E-state index in [1.54, 1.807) is 0 Å². The van der Waals surface area contributed by atoms with Crippen molar-refractivity contribution in [1.82, 2.24) is 10.2 Å². The summed E-state index contributed by atoms with van der Waals surface area (Å²) < 4.78 is 0. The molecular weight excluding hydrogens is 186 g/mol. The number of hydrogen-bond acceptors (Lipinski definition) is 3. The van der Waals surface area contributed by atoms with Crippen molar-refractivity contribution in [3.05, 3.63) is 0 Å². The first-order chi connectivity index (χ1) is 7.13. The summed E-state index contributed by atoms with van der Waals surface area (Å²) in [4.78, 5) is 2.47. The molecule has 0 spiro atoms. The van der Waals surface area contributed by atoms with Crippen molar-refractivity contribution < 1.29 is 0 Å². The number of nitrogens with zero attached hydrogens (tertiary/aromatic N) is 1. The number of nitrogens with two attached hydrogens (primary N) is 1. The van der Waals surface area contributed by atoms with Gasteiger partial charge in [0.2, 0.25) is 0 Å². The van der Waals surface area contributed by atoms with Gasteiger partial charge in [0.05, 0.1) is 6.54 Å². The molecule has 3 nitrogen and oxygen atoms in total. The molecule has 1 saturated heterocycles. The highest BCUT2D eigenvalue weighted by molar-refractivity contribution is 5.04. The highest BCUT2D eigenvalue weighted by Crippen LogP contribution is 2.21. The molecule has 0 aromatic rings. The Morgan fingerprint density at radius 2 is 2.27 bits per heavy atom. The predicted octanol–water partition coefficient (Wildman–Crippen LogP) is 0.411. The standard InChI is InChI=1S/C12H23N3/c1-4-5-7-14-12(9-13)6-8-15(10-12)11(2)3/h11,14H,6-10,13H2,1-3H3. The molecule has 3 N–H and O–H groups in total. The molecule has 1 aliphatic heterocycles. The minimum Gasteiger partial charge on any atom is -0.329 e. The summed E-state index contributed by atoms with van der Waals surface area (Å²) in [7, 11) is 0. The molecule has 0 aromatic carbocycles. The van der Waals surface area contributed by atoms with Gasteiger partial charge in [-0.3, -0.25) is 10.2 Å². The Morgan fingerprint density at radius 3 is 2.73 bits per heavy atom. The zero-order chi connectivity index (χ0) is 11.3. The van der Waals surface area contributed by atoms with E-state index in [9.17, 15) is 0 Å². The lowest BCUT2D eigenvalue weighted by Crippen LogP contribution is -2.53. The summed E-state index contributed by atoms with van der Waals surface area (Å²) in [6.45, 7) is 9.97. The monoisotopic (exact) mass is 209 g/mol. The van der Waals surface area contributed by atoms with Gasteiger partial charge >= 0.3 is 0 Å². The zero-order valence-corrected chi connectivity index (χ0v) is 10.1. The van der Waals surface area contributed by atoms with Crippen LogP contribution in [0, 0.1) is 11.8 Å². The summed E-state index contributed by atoms with van der Waals surface area (Å²) in [5, 5.41) is 3.49. The second kappa shape index (κ2) is 5.50. The molecule has 0 radical (unpaired) electrons. The molecule has 15 heavy (non-hydrogen) atoms. The first-order valence-corrected chi connectivity index (χ1v) is 5.72. The van der Waals surface area contributed by atoms with Gasteiger partial charge in [0.25, 0.3) is 0 Å². The fourth-order valence-electron chi connectivity index (χ4n) is 2.05. The summed E-state index contributed by atoms with van der Waals surface area (Å²) >= 11 is 0. The predicted molar refractivity (Wildman–Crippen MR) is 64.6 cm³/mol. The third kappa shape index (κ3) is 3.20. The average molecular weight is 209 g/mol. The molecule has 86 valence electrons. The quantitative estimate of drug-likeness (QED) is 0.659. The Kier molecular flexibility index (Phi) is 4.59. The van der Waals surface area contributed by atoms with Gasteiger partial charge in [-0.25, -0.2) is 0 Å². The van der Waals surface area contributed by atoms with E-state index in [-0.39, 0.29) is 5.54 Å². The smallest absolute Gasteiger partial charge is 0.0581 e. The maximum Gasteiger partial charge on any atom is 0.0581 e.